The van der Waals surface area contributed by atoms with Gasteiger partial charge in [0.05, 0.1) is 6.67 Å². The zero-order chi connectivity index (χ0) is 21.7. The predicted molar refractivity (Wildman–Crippen MR) is 114 cm³/mol. The van der Waals surface area contributed by atoms with E-state index in [0.29, 0.717) is 49.1 Å². The first-order valence-corrected chi connectivity index (χ1v) is 12.7. The number of urea groups is 1. The molecule has 3 aliphatic rings. The van der Waals surface area contributed by atoms with E-state index in [1.165, 1.54) is 20.5 Å². The molecule has 8 nitrogen and oxygen atoms in total. The molecule has 2 saturated heterocycles. The summed E-state index contributed by atoms with van der Waals surface area (Å²) in [5.41, 5.74) is -0.805. The third-order valence-corrected chi connectivity index (χ3v) is 9.66. The highest BCUT2D eigenvalue weighted by Crippen LogP contribution is 2.46. The van der Waals surface area contributed by atoms with Gasteiger partial charge in [0, 0.05) is 26.2 Å². The van der Waals surface area contributed by atoms with Gasteiger partial charge in [0.25, 0.3) is 15.9 Å². The average Bonchev–Trinajstić information content (AvgIpc) is 3.25. The van der Waals surface area contributed by atoms with E-state index in [0.717, 1.165) is 6.42 Å². The summed E-state index contributed by atoms with van der Waals surface area (Å²) < 4.78 is 27.2. The quantitative estimate of drug-likeness (QED) is 0.704. The highest BCUT2D eigenvalue weighted by Gasteiger charge is 2.56. The van der Waals surface area contributed by atoms with Crippen LogP contribution in [0.4, 0.5) is 4.79 Å². The van der Waals surface area contributed by atoms with E-state index in [4.69, 9.17) is 0 Å². The molecule has 1 aromatic rings. The van der Waals surface area contributed by atoms with Crippen LogP contribution in [-0.4, -0.2) is 72.8 Å². The normalized spacial score (nSPS) is 30.8. The van der Waals surface area contributed by atoms with Gasteiger partial charge in [-0.1, -0.05) is 26.8 Å². The zero-order valence-electron chi connectivity index (χ0n) is 17.8. The van der Waals surface area contributed by atoms with Gasteiger partial charge in [-0.25, -0.2) is 18.1 Å². The van der Waals surface area contributed by atoms with Crippen molar-refractivity contribution >= 4 is 33.3 Å². The Hall–Kier alpha value is -1.49. The number of piperazine rings is 1. The summed E-state index contributed by atoms with van der Waals surface area (Å²) in [7, 11) is -3.47. The number of sulfonamides is 1. The lowest BCUT2D eigenvalue weighted by atomic mass is 9.64. The second-order valence-corrected chi connectivity index (χ2v) is 12.8. The highest BCUT2D eigenvalue weighted by molar-refractivity contribution is 7.91. The fourth-order valence-corrected chi connectivity index (χ4v) is 8.05. The predicted octanol–water partition coefficient (Wildman–Crippen LogP) is 2.15. The molecule has 166 valence electrons. The number of hydrogen-bond acceptors (Lipinski definition) is 6. The Balaban J connectivity index is 1.40. The van der Waals surface area contributed by atoms with Gasteiger partial charge in [-0.15, -0.1) is 11.3 Å². The van der Waals surface area contributed by atoms with Crippen LogP contribution in [0, 0.1) is 11.3 Å². The van der Waals surface area contributed by atoms with Crippen molar-refractivity contribution in [1.29, 1.82) is 0 Å². The van der Waals surface area contributed by atoms with Gasteiger partial charge in [0.15, 0.2) is 0 Å². The Kier molecular flexibility index (Phi) is 5.49. The monoisotopic (exact) mass is 454 g/mol. The third-order valence-electron chi connectivity index (χ3n) is 6.39. The van der Waals surface area contributed by atoms with Gasteiger partial charge in [-0.2, -0.15) is 4.31 Å². The SMILES string of the molecule is C[C@@H]1CC(C)(C)C[C@]2(C1)NC(=O)N(CN1CCN(S(=O)(=O)c3cccs3)CC1)C2=O. The first-order chi connectivity index (χ1) is 14.0. The smallest absolute Gasteiger partial charge is 0.323 e. The minimum absolute atomic E-state index is 0.00159. The molecule has 0 radical (unpaired) electrons. The number of carbonyl (C=O) groups excluding carboxylic acids is 2. The molecule has 4 rings (SSSR count). The van der Waals surface area contributed by atoms with E-state index >= 15 is 0 Å². The van der Waals surface area contributed by atoms with Gasteiger partial charge in [-0.3, -0.25) is 9.69 Å². The summed E-state index contributed by atoms with van der Waals surface area (Å²) in [5.74, 6) is 0.227. The number of nitrogens with one attached hydrogen (secondary N) is 1. The summed E-state index contributed by atoms with van der Waals surface area (Å²) in [6.07, 6.45) is 2.36. The van der Waals surface area contributed by atoms with Crippen molar-refractivity contribution in [3.8, 4) is 0 Å². The van der Waals surface area contributed by atoms with Crippen molar-refractivity contribution in [2.24, 2.45) is 11.3 Å². The molecule has 2 aliphatic heterocycles. The summed E-state index contributed by atoms with van der Waals surface area (Å²) in [6, 6.07) is 3.01. The molecule has 10 heteroatoms. The Morgan fingerprint density at radius 3 is 2.47 bits per heavy atom. The number of thiophene rings is 1. The Labute approximate surface area is 182 Å². The molecular weight excluding hydrogens is 424 g/mol. The Morgan fingerprint density at radius 2 is 1.87 bits per heavy atom. The van der Waals surface area contributed by atoms with Gasteiger partial charge >= 0.3 is 6.03 Å². The standard InChI is InChI=1S/C20H30N4O4S2/c1-15-11-19(2,3)13-20(12-15)17(25)24(18(26)21-20)14-22-6-8-23(9-7-22)30(27,28)16-5-4-10-29-16/h4-5,10,15H,6-9,11-14H2,1-3H3,(H,21,26)/t15-,20+/m1/s1. The summed E-state index contributed by atoms with van der Waals surface area (Å²) in [6.45, 7) is 8.30. The van der Waals surface area contributed by atoms with Crippen molar-refractivity contribution in [1.82, 2.24) is 19.4 Å². The molecule has 3 heterocycles. The summed E-state index contributed by atoms with van der Waals surface area (Å²) >= 11 is 1.21. The fourth-order valence-electron chi connectivity index (χ4n) is 5.48. The number of nitrogens with zero attached hydrogens (tertiary/aromatic N) is 3. The Bertz CT molecular complexity index is 923. The van der Waals surface area contributed by atoms with Crippen LogP contribution in [0.1, 0.15) is 40.0 Å². The minimum Gasteiger partial charge on any atom is -0.323 e. The van der Waals surface area contributed by atoms with Crippen LogP contribution in [0.3, 0.4) is 0 Å². The molecule has 3 amide bonds. The van der Waals surface area contributed by atoms with Crippen molar-refractivity contribution in [3.05, 3.63) is 17.5 Å². The maximum atomic E-state index is 13.3. The van der Waals surface area contributed by atoms with Crippen molar-refractivity contribution < 1.29 is 18.0 Å². The molecule has 30 heavy (non-hydrogen) atoms. The number of carbonyl (C=O) groups is 2. The maximum absolute atomic E-state index is 13.3. The summed E-state index contributed by atoms with van der Waals surface area (Å²) in [4.78, 5) is 29.3. The molecular formula is C20H30N4O4S2. The van der Waals surface area contributed by atoms with E-state index in [2.05, 4.69) is 26.1 Å². The first kappa shape index (κ1) is 21.7. The fraction of sp³-hybridized carbons (Fsp3) is 0.700. The Morgan fingerprint density at radius 1 is 1.17 bits per heavy atom. The average molecular weight is 455 g/mol. The topological polar surface area (TPSA) is 90.0 Å². The molecule has 1 aromatic heterocycles. The number of hydrogen-bond donors (Lipinski definition) is 1. The molecule has 1 aliphatic carbocycles. The van der Waals surface area contributed by atoms with E-state index in [9.17, 15) is 18.0 Å². The molecule has 0 aromatic carbocycles. The molecule has 0 bridgehead atoms. The lowest BCUT2D eigenvalue weighted by molar-refractivity contribution is -0.136. The highest BCUT2D eigenvalue weighted by atomic mass is 32.2. The number of amides is 3. The van der Waals surface area contributed by atoms with E-state index in [1.54, 1.807) is 17.5 Å². The number of rotatable bonds is 4. The lowest BCUT2D eigenvalue weighted by Crippen LogP contribution is -2.55. The molecule has 1 N–H and O–H groups in total. The molecule has 2 atom stereocenters. The zero-order valence-corrected chi connectivity index (χ0v) is 19.4. The van der Waals surface area contributed by atoms with Crippen LogP contribution in [0.25, 0.3) is 0 Å². The van der Waals surface area contributed by atoms with Crippen molar-refractivity contribution in [2.45, 2.75) is 49.8 Å². The van der Waals surface area contributed by atoms with Crippen LogP contribution in [0.5, 0.6) is 0 Å². The van der Waals surface area contributed by atoms with Crippen LogP contribution < -0.4 is 5.32 Å². The molecule has 1 spiro atoms. The maximum Gasteiger partial charge on any atom is 0.326 e. The van der Waals surface area contributed by atoms with Gasteiger partial charge in [0.1, 0.15) is 9.75 Å². The van der Waals surface area contributed by atoms with E-state index in [1.807, 2.05) is 4.90 Å². The van der Waals surface area contributed by atoms with Gasteiger partial charge < -0.3 is 5.32 Å². The van der Waals surface area contributed by atoms with Crippen LogP contribution in [-0.2, 0) is 14.8 Å². The van der Waals surface area contributed by atoms with Gasteiger partial charge in [0.2, 0.25) is 0 Å². The van der Waals surface area contributed by atoms with Crippen LogP contribution >= 0.6 is 11.3 Å². The van der Waals surface area contributed by atoms with Crippen molar-refractivity contribution in [3.63, 3.8) is 0 Å². The second-order valence-electron chi connectivity index (χ2n) is 9.70. The minimum atomic E-state index is -3.47. The number of imide groups is 1. The van der Waals surface area contributed by atoms with E-state index in [-0.39, 0.29) is 24.0 Å². The lowest BCUT2D eigenvalue weighted by Gasteiger charge is -2.44. The molecule has 3 fully saturated rings. The molecule has 1 saturated carbocycles. The van der Waals surface area contributed by atoms with Crippen LogP contribution in [0.15, 0.2) is 21.7 Å². The van der Waals surface area contributed by atoms with Crippen molar-refractivity contribution in [2.75, 3.05) is 32.8 Å². The first-order valence-electron chi connectivity index (χ1n) is 10.4. The summed E-state index contributed by atoms with van der Waals surface area (Å²) in [5, 5.41) is 4.76. The molecule has 0 unspecified atom stereocenters. The van der Waals surface area contributed by atoms with E-state index < -0.39 is 15.6 Å². The second kappa shape index (κ2) is 7.58. The van der Waals surface area contributed by atoms with Gasteiger partial charge in [-0.05, 0) is 42.0 Å². The van der Waals surface area contributed by atoms with Crippen LogP contribution in [0.2, 0.25) is 0 Å². The third kappa shape index (κ3) is 3.90. The largest absolute Gasteiger partial charge is 0.326 e.